The van der Waals surface area contributed by atoms with Crippen molar-refractivity contribution < 1.29 is 24.2 Å². The third-order valence-corrected chi connectivity index (χ3v) is 5.12. The van der Waals surface area contributed by atoms with Crippen LogP contribution in [0.4, 0.5) is 0 Å². The average molecular weight is 296 g/mol. The lowest BCUT2D eigenvalue weighted by molar-refractivity contribution is -0.170. The van der Waals surface area contributed by atoms with Gasteiger partial charge >= 0.3 is 11.9 Å². The van der Waals surface area contributed by atoms with Crippen LogP contribution in [0.5, 0.6) is 0 Å². The van der Waals surface area contributed by atoms with E-state index in [-0.39, 0.29) is 23.8 Å². The lowest BCUT2D eigenvalue weighted by Crippen LogP contribution is -2.42. The van der Waals surface area contributed by atoms with Crippen molar-refractivity contribution in [3.8, 4) is 0 Å². The fourth-order valence-corrected chi connectivity index (χ4v) is 4.77. The summed E-state index contributed by atoms with van der Waals surface area (Å²) in [6.07, 6.45) is 1.24. The Bertz CT molecular complexity index is 481. The first-order valence-corrected chi connectivity index (χ1v) is 7.73. The lowest BCUT2D eigenvalue weighted by atomic mass is 9.78. The highest BCUT2D eigenvalue weighted by atomic mass is 16.6. The Morgan fingerprint density at radius 1 is 0.952 bits per heavy atom. The molecule has 0 aromatic carbocycles. The minimum Gasteiger partial charge on any atom is -0.459 e. The number of aliphatic hydroxyl groups excluding tert-OH is 1. The molecule has 0 radical (unpaired) electrons. The molecule has 1 aliphatic heterocycles. The Labute approximate surface area is 125 Å². The van der Waals surface area contributed by atoms with E-state index in [0.717, 1.165) is 0 Å². The van der Waals surface area contributed by atoms with Crippen molar-refractivity contribution in [3.63, 3.8) is 0 Å². The number of carbonyl (C=O) groups excluding carboxylic acids is 2. The van der Waals surface area contributed by atoms with Gasteiger partial charge < -0.3 is 14.6 Å². The highest BCUT2D eigenvalue weighted by Gasteiger charge is 2.60. The second-order valence-corrected chi connectivity index (χ2v) is 8.05. The molecule has 0 aromatic heterocycles. The Morgan fingerprint density at radius 2 is 1.48 bits per heavy atom. The molecule has 5 atom stereocenters. The van der Waals surface area contributed by atoms with Crippen molar-refractivity contribution >= 4 is 11.9 Å². The summed E-state index contributed by atoms with van der Waals surface area (Å²) in [5, 5.41) is 10.1. The largest absolute Gasteiger partial charge is 0.459 e. The van der Waals surface area contributed by atoms with Crippen LogP contribution in [0.3, 0.4) is 0 Å². The van der Waals surface area contributed by atoms with Crippen molar-refractivity contribution in [3.05, 3.63) is 0 Å². The van der Waals surface area contributed by atoms with Crippen molar-refractivity contribution in [2.45, 2.75) is 64.3 Å². The van der Waals surface area contributed by atoms with Crippen LogP contribution in [0.2, 0.25) is 0 Å². The number of hydrogen-bond acceptors (Lipinski definition) is 5. The Morgan fingerprint density at radius 3 is 2.05 bits per heavy atom. The molecule has 0 aromatic rings. The molecule has 5 heteroatoms. The predicted molar refractivity (Wildman–Crippen MR) is 74.2 cm³/mol. The van der Waals surface area contributed by atoms with Gasteiger partial charge in [0.05, 0.1) is 17.9 Å². The van der Waals surface area contributed by atoms with Crippen molar-refractivity contribution in [1.82, 2.24) is 0 Å². The normalized spacial score (nSPS) is 44.1. The summed E-state index contributed by atoms with van der Waals surface area (Å²) in [6.45, 7) is 7.38. The summed E-state index contributed by atoms with van der Waals surface area (Å²) in [5.41, 5.74) is -1.36. The molecule has 2 aliphatic carbocycles. The van der Waals surface area contributed by atoms with Gasteiger partial charge in [0.15, 0.2) is 0 Å². The van der Waals surface area contributed by atoms with E-state index in [0.29, 0.717) is 19.3 Å². The van der Waals surface area contributed by atoms with E-state index in [4.69, 9.17) is 9.47 Å². The molecule has 3 fully saturated rings. The number of hydrogen-bond donors (Lipinski definition) is 1. The molecule has 3 rings (SSSR count). The maximum absolute atomic E-state index is 12.6. The minimum absolute atomic E-state index is 0.0343. The first kappa shape index (κ1) is 14.8. The molecule has 2 saturated carbocycles. The molecule has 5 nitrogen and oxygen atoms in total. The molecule has 2 bridgehead atoms. The lowest BCUT2D eigenvalue weighted by Gasteiger charge is -2.33. The van der Waals surface area contributed by atoms with E-state index < -0.39 is 29.1 Å². The minimum atomic E-state index is -0.692. The third kappa shape index (κ3) is 2.45. The summed E-state index contributed by atoms with van der Waals surface area (Å²) in [6, 6.07) is 0. The van der Waals surface area contributed by atoms with Gasteiger partial charge in [0.25, 0.3) is 0 Å². The fraction of sp³-hybridized carbons (Fsp3) is 0.875. The van der Waals surface area contributed by atoms with Gasteiger partial charge in [-0.3, -0.25) is 9.59 Å². The number of fused-ring (bicyclic) bond motifs is 5. The van der Waals surface area contributed by atoms with Crippen LogP contribution in [0, 0.1) is 23.7 Å². The molecular formula is C16H24O5. The number of ether oxygens (including phenoxy) is 2. The van der Waals surface area contributed by atoms with E-state index in [9.17, 15) is 14.7 Å². The van der Waals surface area contributed by atoms with Crippen LogP contribution in [-0.2, 0) is 19.1 Å². The third-order valence-electron chi connectivity index (χ3n) is 5.12. The standard InChI is InChI=1S/C16H24O5/c1-15(2)7-16(3,4)21-14(19)12-9-5-8(6-10(9)17)11(12)13(18)20-15/h8-12,17H,5-7H2,1-4H3. The van der Waals surface area contributed by atoms with Crippen LogP contribution >= 0.6 is 0 Å². The van der Waals surface area contributed by atoms with Gasteiger partial charge in [0, 0.05) is 6.42 Å². The van der Waals surface area contributed by atoms with Crippen LogP contribution < -0.4 is 0 Å². The van der Waals surface area contributed by atoms with Crippen molar-refractivity contribution in [1.29, 1.82) is 0 Å². The second-order valence-electron chi connectivity index (χ2n) is 8.05. The summed E-state index contributed by atoms with van der Waals surface area (Å²) >= 11 is 0. The number of rotatable bonds is 0. The summed E-state index contributed by atoms with van der Waals surface area (Å²) in [5.74, 6) is -1.81. The smallest absolute Gasteiger partial charge is 0.310 e. The topological polar surface area (TPSA) is 72.8 Å². The van der Waals surface area contributed by atoms with E-state index in [1.54, 1.807) is 0 Å². The monoisotopic (exact) mass is 296 g/mol. The fourth-order valence-electron chi connectivity index (χ4n) is 4.77. The first-order chi connectivity index (χ1) is 9.60. The van der Waals surface area contributed by atoms with Gasteiger partial charge in [-0.1, -0.05) is 0 Å². The Hall–Kier alpha value is -1.10. The molecule has 3 aliphatic rings. The summed E-state index contributed by atoms with van der Waals surface area (Å²) in [7, 11) is 0. The van der Waals surface area contributed by atoms with Crippen LogP contribution in [0.1, 0.15) is 47.0 Å². The maximum Gasteiger partial charge on any atom is 0.310 e. The first-order valence-electron chi connectivity index (χ1n) is 7.73. The molecule has 5 unspecified atom stereocenters. The number of cyclic esters (lactones) is 2. The quantitative estimate of drug-likeness (QED) is 0.688. The molecule has 21 heavy (non-hydrogen) atoms. The number of carbonyl (C=O) groups is 2. The Kier molecular flexibility index (Phi) is 3.14. The zero-order valence-electron chi connectivity index (χ0n) is 13.1. The molecule has 118 valence electrons. The second kappa shape index (κ2) is 4.45. The highest BCUT2D eigenvalue weighted by molar-refractivity contribution is 5.84. The van der Waals surface area contributed by atoms with Gasteiger partial charge in [0.1, 0.15) is 11.2 Å². The highest BCUT2D eigenvalue weighted by Crippen LogP contribution is 2.54. The molecule has 0 amide bonds. The molecule has 1 heterocycles. The molecular weight excluding hydrogens is 272 g/mol. The average Bonchev–Trinajstić information content (AvgIpc) is 2.80. The SMILES string of the molecule is CC1(C)CC(C)(C)OC(=O)C2C3CC(CC3O)C2C(=O)O1. The van der Waals surface area contributed by atoms with E-state index in [1.165, 1.54) is 0 Å². The van der Waals surface area contributed by atoms with Crippen molar-refractivity contribution in [2.75, 3.05) is 0 Å². The number of esters is 2. The summed E-state index contributed by atoms with van der Waals surface area (Å²) < 4.78 is 11.4. The van der Waals surface area contributed by atoms with E-state index >= 15 is 0 Å². The van der Waals surface area contributed by atoms with Crippen molar-refractivity contribution in [2.24, 2.45) is 23.7 Å². The zero-order valence-corrected chi connectivity index (χ0v) is 13.1. The van der Waals surface area contributed by atoms with Gasteiger partial charge in [-0.15, -0.1) is 0 Å². The molecule has 1 saturated heterocycles. The van der Waals surface area contributed by atoms with Gasteiger partial charge in [-0.25, -0.2) is 0 Å². The zero-order chi connectivity index (χ0) is 15.6. The molecule has 1 N–H and O–H groups in total. The number of aliphatic hydroxyl groups is 1. The Balaban J connectivity index is 1.97. The van der Waals surface area contributed by atoms with Gasteiger partial charge in [0.2, 0.25) is 0 Å². The van der Waals surface area contributed by atoms with E-state index in [2.05, 4.69) is 0 Å². The maximum atomic E-state index is 12.6. The van der Waals surface area contributed by atoms with E-state index in [1.807, 2.05) is 27.7 Å². The predicted octanol–water partition coefficient (Wildman–Crippen LogP) is 1.67. The van der Waals surface area contributed by atoms with Crippen LogP contribution in [0.25, 0.3) is 0 Å². The van der Waals surface area contributed by atoms with Crippen LogP contribution in [0.15, 0.2) is 0 Å². The van der Waals surface area contributed by atoms with Gasteiger partial charge in [-0.05, 0) is 52.4 Å². The molecule has 0 spiro atoms. The summed E-state index contributed by atoms with van der Waals surface area (Å²) in [4.78, 5) is 25.1. The van der Waals surface area contributed by atoms with Crippen LogP contribution in [-0.4, -0.2) is 34.4 Å². The van der Waals surface area contributed by atoms with Gasteiger partial charge in [-0.2, -0.15) is 0 Å².